The third-order valence-corrected chi connectivity index (χ3v) is 2.83. The molecule has 0 aromatic rings. The van der Waals surface area contributed by atoms with Crippen molar-refractivity contribution in [2.24, 2.45) is 0 Å². The fourth-order valence-electron chi connectivity index (χ4n) is 1.89. The normalized spacial score (nSPS) is 21.1. The number of rotatable bonds is 5. The molecule has 0 aliphatic carbocycles. The smallest absolute Gasteiger partial charge is 0.239 e. The van der Waals surface area contributed by atoms with Crippen LogP contribution in [0.3, 0.4) is 0 Å². The molecule has 3 nitrogen and oxygen atoms in total. The fourth-order valence-corrected chi connectivity index (χ4v) is 1.89. The van der Waals surface area contributed by atoms with Crippen molar-refractivity contribution in [3.05, 3.63) is 0 Å². The van der Waals surface area contributed by atoms with E-state index in [0.717, 1.165) is 45.3 Å². The van der Waals surface area contributed by atoms with Crippen LogP contribution in [-0.2, 0) is 4.79 Å². The molecular formula is C11H22N2O. The van der Waals surface area contributed by atoms with Crippen LogP contribution in [0.15, 0.2) is 0 Å². The number of carbonyl (C=O) groups excluding carboxylic acids is 1. The second-order valence-corrected chi connectivity index (χ2v) is 3.92. The lowest BCUT2D eigenvalue weighted by Gasteiger charge is -2.24. The van der Waals surface area contributed by atoms with Gasteiger partial charge < -0.3 is 10.2 Å². The van der Waals surface area contributed by atoms with Crippen molar-refractivity contribution >= 4 is 5.91 Å². The maximum Gasteiger partial charge on any atom is 0.239 e. The SMILES string of the molecule is CCCCN(CC)C(=O)C1CCCN1. The molecule has 0 saturated carbocycles. The summed E-state index contributed by atoms with van der Waals surface area (Å²) in [4.78, 5) is 13.9. The van der Waals surface area contributed by atoms with Crippen LogP contribution in [-0.4, -0.2) is 36.5 Å². The van der Waals surface area contributed by atoms with Gasteiger partial charge in [0.2, 0.25) is 5.91 Å². The molecule has 0 aromatic carbocycles. The van der Waals surface area contributed by atoms with Gasteiger partial charge in [0.1, 0.15) is 0 Å². The molecule has 0 bridgehead atoms. The Morgan fingerprint density at radius 1 is 1.50 bits per heavy atom. The molecule has 0 aromatic heterocycles. The molecule has 1 unspecified atom stereocenters. The van der Waals surface area contributed by atoms with Gasteiger partial charge in [0.25, 0.3) is 0 Å². The van der Waals surface area contributed by atoms with Crippen molar-refractivity contribution < 1.29 is 4.79 Å². The zero-order chi connectivity index (χ0) is 10.4. The third kappa shape index (κ3) is 2.98. The van der Waals surface area contributed by atoms with E-state index in [1.54, 1.807) is 0 Å². The van der Waals surface area contributed by atoms with Gasteiger partial charge in [-0.05, 0) is 32.7 Å². The van der Waals surface area contributed by atoms with Crippen molar-refractivity contribution in [1.29, 1.82) is 0 Å². The predicted molar refractivity (Wildman–Crippen MR) is 58.2 cm³/mol. The molecule has 82 valence electrons. The Hall–Kier alpha value is -0.570. The average Bonchev–Trinajstić information content (AvgIpc) is 2.71. The van der Waals surface area contributed by atoms with Gasteiger partial charge in [-0.15, -0.1) is 0 Å². The first-order valence-corrected chi connectivity index (χ1v) is 5.81. The van der Waals surface area contributed by atoms with E-state index in [1.807, 2.05) is 4.90 Å². The first kappa shape index (κ1) is 11.5. The van der Waals surface area contributed by atoms with Crippen LogP contribution >= 0.6 is 0 Å². The zero-order valence-corrected chi connectivity index (χ0v) is 9.38. The summed E-state index contributed by atoms with van der Waals surface area (Å²) in [6.07, 6.45) is 4.43. The van der Waals surface area contributed by atoms with Crippen LogP contribution in [0, 0.1) is 0 Å². The topological polar surface area (TPSA) is 32.3 Å². The van der Waals surface area contributed by atoms with Gasteiger partial charge in [0.05, 0.1) is 6.04 Å². The van der Waals surface area contributed by atoms with Crippen molar-refractivity contribution in [3.63, 3.8) is 0 Å². The van der Waals surface area contributed by atoms with E-state index >= 15 is 0 Å². The summed E-state index contributed by atoms with van der Waals surface area (Å²) in [5.41, 5.74) is 0. The highest BCUT2D eigenvalue weighted by atomic mass is 16.2. The van der Waals surface area contributed by atoms with E-state index in [-0.39, 0.29) is 6.04 Å². The van der Waals surface area contributed by atoms with Crippen LogP contribution in [0.25, 0.3) is 0 Å². The molecule has 1 atom stereocenters. The number of carbonyl (C=O) groups is 1. The lowest BCUT2D eigenvalue weighted by Crippen LogP contribution is -2.43. The minimum Gasteiger partial charge on any atom is -0.342 e. The Morgan fingerprint density at radius 3 is 2.79 bits per heavy atom. The lowest BCUT2D eigenvalue weighted by atomic mass is 10.2. The standard InChI is InChI=1S/C11H22N2O/c1-3-5-9-13(4-2)11(14)10-7-6-8-12-10/h10,12H,3-9H2,1-2H3. The highest BCUT2D eigenvalue weighted by molar-refractivity contribution is 5.82. The predicted octanol–water partition coefficient (Wildman–Crippen LogP) is 1.39. The summed E-state index contributed by atoms with van der Waals surface area (Å²) < 4.78 is 0. The van der Waals surface area contributed by atoms with Crippen molar-refractivity contribution in [2.45, 2.75) is 45.6 Å². The fraction of sp³-hybridized carbons (Fsp3) is 0.909. The second kappa shape index (κ2) is 6.02. The van der Waals surface area contributed by atoms with Crippen LogP contribution in [0.4, 0.5) is 0 Å². The molecule has 1 amide bonds. The molecule has 1 N–H and O–H groups in total. The summed E-state index contributed by atoms with van der Waals surface area (Å²) in [7, 11) is 0. The van der Waals surface area contributed by atoms with Crippen molar-refractivity contribution in [3.8, 4) is 0 Å². The molecule has 0 radical (unpaired) electrons. The van der Waals surface area contributed by atoms with Crippen molar-refractivity contribution in [1.82, 2.24) is 10.2 Å². The molecule has 3 heteroatoms. The number of likely N-dealkylation sites (N-methyl/N-ethyl adjacent to an activating group) is 1. The van der Waals surface area contributed by atoms with Gasteiger partial charge in [-0.1, -0.05) is 13.3 Å². The molecule has 1 rings (SSSR count). The van der Waals surface area contributed by atoms with E-state index < -0.39 is 0 Å². The van der Waals surface area contributed by atoms with Crippen LogP contribution in [0.5, 0.6) is 0 Å². The maximum atomic E-state index is 11.9. The molecule has 0 spiro atoms. The van der Waals surface area contributed by atoms with Gasteiger partial charge in [-0.25, -0.2) is 0 Å². The summed E-state index contributed by atoms with van der Waals surface area (Å²) >= 11 is 0. The molecule has 1 heterocycles. The molecule has 14 heavy (non-hydrogen) atoms. The zero-order valence-electron chi connectivity index (χ0n) is 9.38. The molecule has 1 aliphatic rings. The minimum atomic E-state index is 0.104. The monoisotopic (exact) mass is 198 g/mol. The van der Waals surface area contributed by atoms with Gasteiger partial charge in [-0.2, -0.15) is 0 Å². The first-order chi connectivity index (χ1) is 6.79. The summed E-state index contributed by atoms with van der Waals surface area (Å²) in [5, 5.41) is 3.26. The van der Waals surface area contributed by atoms with Gasteiger partial charge >= 0.3 is 0 Å². The van der Waals surface area contributed by atoms with E-state index in [4.69, 9.17) is 0 Å². The highest BCUT2D eigenvalue weighted by Gasteiger charge is 2.25. The average molecular weight is 198 g/mol. The van der Waals surface area contributed by atoms with Gasteiger partial charge in [0, 0.05) is 13.1 Å². The maximum absolute atomic E-state index is 11.9. The third-order valence-electron chi connectivity index (χ3n) is 2.83. The number of unbranched alkanes of at least 4 members (excludes halogenated alkanes) is 1. The molecule has 1 saturated heterocycles. The second-order valence-electron chi connectivity index (χ2n) is 3.92. The first-order valence-electron chi connectivity index (χ1n) is 5.81. The number of hydrogen-bond donors (Lipinski definition) is 1. The molecule has 1 fully saturated rings. The van der Waals surface area contributed by atoms with Crippen molar-refractivity contribution in [2.75, 3.05) is 19.6 Å². The molecular weight excluding hydrogens is 176 g/mol. The Kier molecular flexibility index (Phi) is 4.94. The Labute approximate surface area is 86.9 Å². The van der Waals surface area contributed by atoms with E-state index in [9.17, 15) is 4.79 Å². The van der Waals surface area contributed by atoms with Crippen LogP contribution < -0.4 is 5.32 Å². The Morgan fingerprint density at radius 2 is 2.29 bits per heavy atom. The number of hydrogen-bond acceptors (Lipinski definition) is 2. The number of nitrogens with zero attached hydrogens (tertiary/aromatic N) is 1. The summed E-state index contributed by atoms with van der Waals surface area (Å²) in [6, 6.07) is 0.104. The number of nitrogens with one attached hydrogen (secondary N) is 1. The van der Waals surface area contributed by atoms with Crippen LogP contribution in [0.2, 0.25) is 0 Å². The van der Waals surface area contributed by atoms with E-state index in [2.05, 4.69) is 19.2 Å². The Bertz CT molecular complexity index is 176. The van der Waals surface area contributed by atoms with E-state index in [1.165, 1.54) is 0 Å². The van der Waals surface area contributed by atoms with Gasteiger partial charge in [0.15, 0.2) is 0 Å². The number of amides is 1. The van der Waals surface area contributed by atoms with Gasteiger partial charge in [-0.3, -0.25) is 4.79 Å². The summed E-state index contributed by atoms with van der Waals surface area (Å²) in [5.74, 6) is 0.304. The van der Waals surface area contributed by atoms with Crippen LogP contribution in [0.1, 0.15) is 39.5 Å². The summed E-state index contributed by atoms with van der Waals surface area (Å²) in [6.45, 7) is 6.98. The Balaban J connectivity index is 2.37. The van der Waals surface area contributed by atoms with E-state index in [0.29, 0.717) is 5.91 Å². The minimum absolute atomic E-state index is 0.104. The highest BCUT2D eigenvalue weighted by Crippen LogP contribution is 2.09. The quantitative estimate of drug-likeness (QED) is 0.724. The lowest BCUT2D eigenvalue weighted by molar-refractivity contribution is -0.132. The molecule has 1 aliphatic heterocycles. The largest absolute Gasteiger partial charge is 0.342 e.